The molecular weight excluding hydrogens is 404 g/mol. The van der Waals surface area contributed by atoms with Gasteiger partial charge in [0.25, 0.3) is 11.8 Å². The number of imide groups is 1. The molecule has 0 radical (unpaired) electrons. The van der Waals surface area contributed by atoms with E-state index in [1.165, 1.54) is 4.90 Å². The van der Waals surface area contributed by atoms with Gasteiger partial charge in [-0.2, -0.15) is 0 Å². The normalized spacial score (nSPS) is 15.0. The zero-order valence-corrected chi connectivity index (χ0v) is 17.8. The second-order valence-corrected chi connectivity index (χ2v) is 8.00. The Morgan fingerprint density at radius 2 is 1.56 bits per heavy atom. The highest BCUT2D eigenvalue weighted by Gasteiger charge is 2.39. The number of benzene rings is 3. The maximum atomic E-state index is 13.4. The highest BCUT2D eigenvalue weighted by molar-refractivity contribution is 6.36. The first-order valence-corrected chi connectivity index (χ1v) is 10.4. The van der Waals surface area contributed by atoms with Crippen molar-refractivity contribution in [1.29, 1.82) is 0 Å². The van der Waals surface area contributed by atoms with E-state index in [0.29, 0.717) is 22.6 Å². The molecule has 0 aliphatic carbocycles. The van der Waals surface area contributed by atoms with Crippen molar-refractivity contribution in [3.8, 4) is 11.5 Å². The minimum Gasteiger partial charge on any atom is -0.454 e. The molecule has 6 nitrogen and oxygen atoms in total. The van der Waals surface area contributed by atoms with Crippen molar-refractivity contribution in [1.82, 2.24) is 4.90 Å². The largest absolute Gasteiger partial charge is 0.454 e. The van der Waals surface area contributed by atoms with Gasteiger partial charge in [-0.05, 0) is 60.4 Å². The van der Waals surface area contributed by atoms with Gasteiger partial charge in [0.1, 0.15) is 5.70 Å². The quantitative estimate of drug-likeness (QED) is 0.612. The minimum absolute atomic E-state index is 0.142. The van der Waals surface area contributed by atoms with Crippen LogP contribution < -0.4 is 14.8 Å². The zero-order chi connectivity index (χ0) is 22.2. The first-order chi connectivity index (χ1) is 15.5. The number of hydrogen-bond acceptors (Lipinski definition) is 5. The molecule has 0 saturated heterocycles. The maximum Gasteiger partial charge on any atom is 0.278 e. The van der Waals surface area contributed by atoms with Gasteiger partial charge in [-0.3, -0.25) is 14.5 Å². The highest BCUT2D eigenvalue weighted by Crippen LogP contribution is 2.35. The fraction of sp³-hybridized carbons (Fsp3) is 0.154. The number of nitrogens with zero attached hydrogens (tertiary/aromatic N) is 1. The van der Waals surface area contributed by atoms with Crippen LogP contribution in [0.25, 0.3) is 5.57 Å². The number of amides is 2. The molecule has 0 unspecified atom stereocenters. The highest BCUT2D eigenvalue weighted by atomic mass is 16.7. The second-order valence-electron chi connectivity index (χ2n) is 8.00. The summed E-state index contributed by atoms with van der Waals surface area (Å²) >= 11 is 0. The molecule has 160 valence electrons. The molecule has 0 aromatic heterocycles. The van der Waals surface area contributed by atoms with Gasteiger partial charge in [-0.15, -0.1) is 0 Å². The zero-order valence-electron chi connectivity index (χ0n) is 17.8. The lowest BCUT2D eigenvalue weighted by Crippen LogP contribution is -2.32. The van der Waals surface area contributed by atoms with Crippen LogP contribution >= 0.6 is 0 Å². The van der Waals surface area contributed by atoms with Gasteiger partial charge in [0.15, 0.2) is 11.5 Å². The summed E-state index contributed by atoms with van der Waals surface area (Å²) in [6, 6.07) is 20.7. The monoisotopic (exact) mass is 426 g/mol. The smallest absolute Gasteiger partial charge is 0.278 e. The van der Waals surface area contributed by atoms with Crippen LogP contribution in [-0.4, -0.2) is 23.5 Å². The average Bonchev–Trinajstić information content (AvgIpc) is 3.32. The van der Waals surface area contributed by atoms with Gasteiger partial charge in [0.2, 0.25) is 6.79 Å². The lowest BCUT2D eigenvalue weighted by molar-refractivity contribution is -0.137. The number of fused-ring (bicyclic) bond motifs is 1. The molecule has 32 heavy (non-hydrogen) atoms. The molecule has 2 heterocycles. The number of rotatable bonds is 5. The lowest BCUT2D eigenvalue weighted by Gasteiger charge is -2.16. The summed E-state index contributed by atoms with van der Waals surface area (Å²) in [4.78, 5) is 28.1. The topological polar surface area (TPSA) is 67.9 Å². The Balaban J connectivity index is 1.51. The minimum atomic E-state index is -0.356. The van der Waals surface area contributed by atoms with Crippen molar-refractivity contribution in [3.63, 3.8) is 0 Å². The van der Waals surface area contributed by atoms with Crippen LogP contribution in [0.2, 0.25) is 0 Å². The molecule has 5 rings (SSSR count). The third kappa shape index (κ3) is 3.60. The lowest BCUT2D eigenvalue weighted by atomic mass is 10.0. The predicted octanol–water partition coefficient (Wildman–Crippen LogP) is 4.42. The van der Waals surface area contributed by atoms with Crippen molar-refractivity contribution in [2.24, 2.45) is 0 Å². The third-order valence-corrected chi connectivity index (χ3v) is 5.50. The Labute approximate surface area is 186 Å². The number of carbonyl (C=O) groups excluding carboxylic acids is 2. The molecule has 3 aromatic rings. The molecule has 2 amide bonds. The fourth-order valence-electron chi connectivity index (χ4n) is 4.12. The molecule has 2 aliphatic heterocycles. The van der Waals surface area contributed by atoms with E-state index >= 15 is 0 Å². The number of carbonyl (C=O) groups is 2. The van der Waals surface area contributed by atoms with Crippen LogP contribution in [0.15, 0.2) is 72.4 Å². The Kier molecular flexibility index (Phi) is 4.90. The van der Waals surface area contributed by atoms with E-state index in [2.05, 4.69) is 11.4 Å². The van der Waals surface area contributed by atoms with Crippen LogP contribution in [-0.2, 0) is 16.1 Å². The maximum absolute atomic E-state index is 13.4. The van der Waals surface area contributed by atoms with Crippen LogP contribution in [0.3, 0.4) is 0 Å². The molecule has 1 N–H and O–H groups in total. The van der Waals surface area contributed by atoms with E-state index in [1.54, 1.807) is 12.1 Å². The first kappa shape index (κ1) is 19.9. The van der Waals surface area contributed by atoms with E-state index in [1.807, 2.05) is 62.4 Å². The molecule has 0 atom stereocenters. The van der Waals surface area contributed by atoms with Crippen molar-refractivity contribution < 1.29 is 19.1 Å². The van der Waals surface area contributed by atoms with Gasteiger partial charge in [-0.1, -0.05) is 42.5 Å². The van der Waals surface area contributed by atoms with Crippen molar-refractivity contribution in [3.05, 3.63) is 94.7 Å². The molecule has 6 heteroatoms. The predicted molar refractivity (Wildman–Crippen MR) is 121 cm³/mol. The van der Waals surface area contributed by atoms with Crippen LogP contribution in [0.5, 0.6) is 11.5 Å². The average molecular weight is 426 g/mol. The van der Waals surface area contributed by atoms with Gasteiger partial charge >= 0.3 is 0 Å². The summed E-state index contributed by atoms with van der Waals surface area (Å²) in [5, 5.41) is 3.23. The van der Waals surface area contributed by atoms with E-state index in [4.69, 9.17) is 9.47 Å². The van der Waals surface area contributed by atoms with E-state index in [9.17, 15) is 9.59 Å². The van der Waals surface area contributed by atoms with Gasteiger partial charge in [0.05, 0.1) is 12.1 Å². The number of anilines is 1. The first-order valence-electron chi connectivity index (χ1n) is 10.4. The molecule has 0 spiro atoms. The molecule has 2 aliphatic rings. The van der Waals surface area contributed by atoms with Gasteiger partial charge in [-0.25, -0.2) is 0 Å². The number of ether oxygens (including phenoxy) is 2. The Bertz CT molecular complexity index is 1240. The third-order valence-electron chi connectivity index (χ3n) is 5.50. The van der Waals surface area contributed by atoms with Crippen molar-refractivity contribution in [2.45, 2.75) is 20.4 Å². The van der Waals surface area contributed by atoms with Crippen molar-refractivity contribution in [2.75, 3.05) is 12.1 Å². The fourth-order valence-corrected chi connectivity index (χ4v) is 4.12. The van der Waals surface area contributed by atoms with Crippen LogP contribution in [0.1, 0.15) is 22.3 Å². The number of nitrogens with one attached hydrogen (secondary N) is 1. The molecule has 0 bridgehead atoms. The van der Waals surface area contributed by atoms with Crippen LogP contribution in [0, 0.1) is 13.8 Å². The molecule has 0 saturated carbocycles. The SMILES string of the molecule is Cc1cc(C)cc(NC2=C(c3ccccc3)C(=O)N(Cc3ccc4c(c3)OCO4)C2=O)c1. The molecule has 3 aromatic carbocycles. The Morgan fingerprint density at radius 3 is 2.31 bits per heavy atom. The van der Waals surface area contributed by atoms with E-state index in [-0.39, 0.29) is 30.8 Å². The molecular formula is C26H22N2O4. The molecule has 0 fully saturated rings. The van der Waals surface area contributed by atoms with Gasteiger partial charge < -0.3 is 14.8 Å². The van der Waals surface area contributed by atoms with Gasteiger partial charge in [0, 0.05) is 5.69 Å². The van der Waals surface area contributed by atoms with E-state index in [0.717, 1.165) is 22.4 Å². The summed E-state index contributed by atoms with van der Waals surface area (Å²) in [5.74, 6) is 0.593. The standard InChI is InChI=1S/C26H22N2O4/c1-16-10-17(2)12-20(11-16)27-24-23(19-6-4-3-5-7-19)25(29)28(26(24)30)14-18-8-9-21-22(13-18)32-15-31-21/h3-13,27H,14-15H2,1-2H3. The summed E-state index contributed by atoms with van der Waals surface area (Å²) in [5.41, 5.74) is 5.06. The second kappa shape index (κ2) is 7.89. The summed E-state index contributed by atoms with van der Waals surface area (Å²) in [6.07, 6.45) is 0. The van der Waals surface area contributed by atoms with Crippen molar-refractivity contribution >= 4 is 23.1 Å². The summed E-state index contributed by atoms with van der Waals surface area (Å²) < 4.78 is 10.8. The Morgan fingerprint density at radius 1 is 0.844 bits per heavy atom. The summed E-state index contributed by atoms with van der Waals surface area (Å²) in [6.45, 7) is 4.31. The number of hydrogen-bond donors (Lipinski definition) is 1. The summed E-state index contributed by atoms with van der Waals surface area (Å²) in [7, 11) is 0. The number of aryl methyl sites for hydroxylation is 2. The van der Waals surface area contributed by atoms with Crippen LogP contribution in [0.4, 0.5) is 5.69 Å². The van der Waals surface area contributed by atoms with E-state index < -0.39 is 0 Å². The Hall–Kier alpha value is -4.06.